The number of rotatable bonds is 8. The Kier molecular flexibility index (Phi) is 5.44. The van der Waals surface area contributed by atoms with E-state index in [0.717, 1.165) is 25.9 Å². The van der Waals surface area contributed by atoms with Gasteiger partial charge in [0.1, 0.15) is 0 Å². The SMILES string of the molecule is CC(CCN)CCC(=O)NCC1(C(C)C)CC1. The molecule has 3 heteroatoms. The van der Waals surface area contributed by atoms with Crippen molar-refractivity contribution in [1.82, 2.24) is 5.32 Å². The first-order valence-corrected chi connectivity index (χ1v) is 6.97. The smallest absolute Gasteiger partial charge is 0.220 e. The van der Waals surface area contributed by atoms with Gasteiger partial charge >= 0.3 is 0 Å². The molecule has 1 unspecified atom stereocenters. The predicted octanol–water partition coefficient (Wildman–Crippen LogP) is 2.30. The van der Waals surface area contributed by atoms with Crippen molar-refractivity contribution in [3.05, 3.63) is 0 Å². The zero-order chi connectivity index (χ0) is 12.9. The zero-order valence-electron chi connectivity index (χ0n) is 11.6. The van der Waals surface area contributed by atoms with E-state index in [0.29, 0.717) is 23.7 Å². The van der Waals surface area contributed by atoms with E-state index in [9.17, 15) is 4.79 Å². The molecule has 3 N–H and O–H groups in total. The highest BCUT2D eigenvalue weighted by atomic mass is 16.1. The minimum Gasteiger partial charge on any atom is -0.356 e. The molecule has 1 aliphatic carbocycles. The second-order valence-corrected chi connectivity index (χ2v) is 6.01. The molecule has 1 rings (SSSR count). The van der Waals surface area contributed by atoms with Crippen LogP contribution in [0.15, 0.2) is 0 Å². The summed E-state index contributed by atoms with van der Waals surface area (Å²) >= 11 is 0. The summed E-state index contributed by atoms with van der Waals surface area (Å²) in [7, 11) is 0. The highest BCUT2D eigenvalue weighted by Gasteiger charge is 2.45. The molecule has 0 aromatic heterocycles. The van der Waals surface area contributed by atoms with Crippen molar-refractivity contribution in [2.45, 2.75) is 52.9 Å². The lowest BCUT2D eigenvalue weighted by Crippen LogP contribution is -2.32. The zero-order valence-corrected chi connectivity index (χ0v) is 11.6. The van der Waals surface area contributed by atoms with Crippen LogP contribution in [0.3, 0.4) is 0 Å². The third kappa shape index (κ3) is 4.66. The minimum atomic E-state index is 0.209. The predicted molar refractivity (Wildman–Crippen MR) is 71.6 cm³/mol. The molecular weight excluding hydrogens is 212 g/mol. The molecule has 0 saturated heterocycles. The molecule has 1 saturated carbocycles. The van der Waals surface area contributed by atoms with E-state index in [1.807, 2.05) is 0 Å². The fourth-order valence-electron chi connectivity index (χ4n) is 2.29. The Morgan fingerprint density at radius 2 is 1.94 bits per heavy atom. The highest BCUT2D eigenvalue weighted by molar-refractivity contribution is 5.75. The van der Waals surface area contributed by atoms with Gasteiger partial charge in [0.15, 0.2) is 0 Å². The Bertz CT molecular complexity index is 247. The molecule has 1 fully saturated rings. The van der Waals surface area contributed by atoms with Gasteiger partial charge in [-0.05, 0) is 49.5 Å². The Labute approximate surface area is 106 Å². The lowest BCUT2D eigenvalue weighted by molar-refractivity contribution is -0.121. The number of nitrogens with one attached hydrogen (secondary N) is 1. The lowest BCUT2D eigenvalue weighted by atomic mass is 9.92. The molecule has 1 amide bonds. The third-order valence-corrected chi connectivity index (χ3v) is 4.28. The highest BCUT2D eigenvalue weighted by Crippen LogP contribution is 2.51. The number of nitrogens with two attached hydrogens (primary N) is 1. The van der Waals surface area contributed by atoms with Gasteiger partial charge in [-0.25, -0.2) is 0 Å². The molecule has 1 atom stereocenters. The Morgan fingerprint density at radius 1 is 1.29 bits per heavy atom. The van der Waals surface area contributed by atoms with Crippen LogP contribution in [0.25, 0.3) is 0 Å². The van der Waals surface area contributed by atoms with E-state index in [1.54, 1.807) is 0 Å². The molecule has 1 aliphatic rings. The first-order valence-electron chi connectivity index (χ1n) is 6.97. The van der Waals surface area contributed by atoms with Gasteiger partial charge in [0.2, 0.25) is 5.91 Å². The average molecular weight is 240 g/mol. The van der Waals surface area contributed by atoms with E-state index < -0.39 is 0 Å². The van der Waals surface area contributed by atoms with Gasteiger partial charge in [-0.15, -0.1) is 0 Å². The van der Waals surface area contributed by atoms with Crippen molar-refractivity contribution in [3.63, 3.8) is 0 Å². The second-order valence-electron chi connectivity index (χ2n) is 6.01. The van der Waals surface area contributed by atoms with Crippen molar-refractivity contribution in [1.29, 1.82) is 0 Å². The van der Waals surface area contributed by atoms with Gasteiger partial charge in [-0.2, -0.15) is 0 Å². The topological polar surface area (TPSA) is 55.1 Å². The quantitative estimate of drug-likeness (QED) is 0.684. The summed E-state index contributed by atoms with van der Waals surface area (Å²) < 4.78 is 0. The van der Waals surface area contributed by atoms with Crippen molar-refractivity contribution in [2.24, 2.45) is 23.0 Å². The molecule has 0 bridgehead atoms. The van der Waals surface area contributed by atoms with Crippen molar-refractivity contribution in [2.75, 3.05) is 13.1 Å². The summed E-state index contributed by atoms with van der Waals surface area (Å²) in [6, 6.07) is 0. The second kappa shape index (κ2) is 6.39. The fraction of sp³-hybridized carbons (Fsp3) is 0.929. The molecule has 0 aromatic rings. The summed E-state index contributed by atoms with van der Waals surface area (Å²) in [4.78, 5) is 11.7. The molecule has 0 aliphatic heterocycles. The fourth-order valence-corrected chi connectivity index (χ4v) is 2.29. The van der Waals surface area contributed by atoms with Gasteiger partial charge in [0, 0.05) is 13.0 Å². The molecule has 0 radical (unpaired) electrons. The third-order valence-electron chi connectivity index (χ3n) is 4.28. The van der Waals surface area contributed by atoms with Crippen LogP contribution < -0.4 is 11.1 Å². The van der Waals surface area contributed by atoms with Gasteiger partial charge in [0.25, 0.3) is 0 Å². The van der Waals surface area contributed by atoms with E-state index in [2.05, 4.69) is 26.1 Å². The van der Waals surface area contributed by atoms with E-state index in [-0.39, 0.29) is 5.91 Å². The van der Waals surface area contributed by atoms with Crippen molar-refractivity contribution >= 4 is 5.91 Å². The Morgan fingerprint density at radius 3 is 2.41 bits per heavy atom. The monoisotopic (exact) mass is 240 g/mol. The Balaban J connectivity index is 2.13. The van der Waals surface area contributed by atoms with Gasteiger partial charge in [0.05, 0.1) is 0 Å². The molecule has 0 spiro atoms. The first-order chi connectivity index (χ1) is 8.00. The summed E-state index contributed by atoms with van der Waals surface area (Å²) in [5, 5.41) is 3.09. The molecule has 3 nitrogen and oxygen atoms in total. The van der Waals surface area contributed by atoms with Gasteiger partial charge in [-0.1, -0.05) is 20.8 Å². The number of amides is 1. The van der Waals surface area contributed by atoms with E-state index >= 15 is 0 Å². The van der Waals surface area contributed by atoms with Crippen LogP contribution in [0.2, 0.25) is 0 Å². The molecule has 17 heavy (non-hydrogen) atoms. The average Bonchev–Trinajstić information content (AvgIpc) is 3.05. The Hall–Kier alpha value is -0.570. The van der Waals surface area contributed by atoms with Crippen LogP contribution in [-0.4, -0.2) is 19.0 Å². The van der Waals surface area contributed by atoms with E-state index in [4.69, 9.17) is 5.73 Å². The number of carbonyl (C=O) groups excluding carboxylic acids is 1. The van der Waals surface area contributed by atoms with Crippen LogP contribution in [0.5, 0.6) is 0 Å². The summed E-state index contributed by atoms with van der Waals surface area (Å²) in [5.41, 5.74) is 5.91. The summed E-state index contributed by atoms with van der Waals surface area (Å²) in [6.07, 6.45) is 5.17. The van der Waals surface area contributed by atoms with Crippen LogP contribution in [0, 0.1) is 17.3 Å². The van der Waals surface area contributed by atoms with Crippen LogP contribution in [0.1, 0.15) is 52.9 Å². The number of hydrogen-bond donors (Lipinski definition) is 2. The first kappa shape index (κ1) is 14.5. The van der Waals surface area contributed by atoms with Crippen molar-refractivity contribution < 1.29 is 4.79 Å². The maximum absolute atomic E-state index is 11.7. The van der Waals surface area contributed by atoms with Crippen LogP contribution in [0.4, 0.5) is 0 Å². The standard InChI is InChI=1S/C14H28N2O/c1-11(2)14(7-8-14)10-16-13(17)5-4-12(3)6-9-15/h11-12H,4-10,15H2,1-3H3,(H,16,17). The molecular formula is C14H28N2O. The largest absolute Gasteiger partial charge is 0.356 e. The molecule has 0 aromatic carbocycles. The van der Waals surface area contributed by atoms with Crippen LogP contribution in [-0.2, 0) is 4.79 Å². The maximum atomic E-state index is 11.7. The normalized spacial score (nSPS) is 19.1. The number of hydrogen-bond acceptors (Lipinski definition) is 2. The number of carbonyl (C=O) groups is 1. The molecule has 0 heterocycles. The summed E-state index contributed by atoms with van der Waals surface area (Å²) in [6.45, 7) is 8.26. The minimum absolute atomic E-state index is 0.209. The maximum Gasteiger partial charge on any atom is 0.220 e. The lowest BCUT2D eigenvalue weighted by Gasteiger charge is -2.20. The van der Waals surface area contributed by atoms with Gasteiger partial charge in [-0.3, -0.25) is 4.79 Å². The molecule has 100 valence electrons. The van der Waals surface area contributed by atoms with E-state index in [1.165, 1.54) is 12.8 Å². The van der Waals surface area contributed by atoms with Crippen molar-refractivity contribution in [3.8, 4) is 0 Å². The van der Waals surface area contributed by atoms with Gasteiger partial charge < -0.3 is 11.1 Å². The van der Waals surface area contributed by atoms with Crippen LogP contribution >= 0.6 is 0 Å². The summed E-state index contributed by atoms with van der Waals surface area (Å²) in [5.74, 6) is 1.45.